The summed E-state index contributed by atoms with van der Waals surface area (Å²) in [5.41, 5.74) is 2.99. The van der Waals surface area contributed by atoms with Crippen molar-refractivity contribution < 1.29 is 0 Å². The molecule has 0 bridgehead atoms. The highest BCUT2D eigenvalue weighted by molar-refractivity contribution is 7.15. The number of hydrogen-bond acceptors (Lipinski definition) is 4. The Bertz CT molecular complexity index is 764. The summed E-state index contributed by atoms with van der Waals surface area (Å²) in [5.74, 6) is 0. The molecule has 0 amide bonds. The quantitative estimate of drug-likeness (QED) is 0.874. The number of pyridine rings is 1. The van der Waals surface area contributed by atoms with Crippen LogP contribution in [0.1, 0.15) is 42.4 Å². The Balaban J connectivity index is 1.79. The van der Waals surface area contributed by atoms with Gasteiger partial charge in [0, 0.05) is 45.2 Å². The van der Waals surface area contributed by atoms with Crippen LogP contribution in [0.2, 0.25) is 0 Å². The van der Waals surface area contributed by atoms with Crippen molar-refractivity contribution in [1.82, 2.24) is 15.2 Å². The molecule has 0 saturated carbocycles. The number of aromatic amines is 1. The Morgan fingerprint density at radius 3 is 2.92 bits per heavy atom. The predicted molar refractivity (Wildman–Crippen MR) is 102 cm³/mol. The van der Waals surface area contributed by atoms with Crippen LogP contribution in [0.4, 0.5) is 0 Å². The van der Waals surface area contributed by atoms with Gasteiger partial charge in [-0.2, -0.15) is 0 Å². The maximum atomic E-state index is 11.9. The number of H-pyrrole nitrogens is 1. The number of hydrogen-bond donors (Lipinski definition) is 2. The van der Waals surface area contributed by atoms with Gasteiger partial charge in [-0.1, -0.05) is 6.92 Å². The highest BCUT2D eigenvalue weighted by Crippen LogP contribution is 2.33. The lowest BCUT2D eigenvalue weighted by Crippen LogP contribution is -2.33. The minimum atomic E-state index is 0.0379. The molecule has 1 saturated heterocycles. The molecule has 0 aliphatic carbocycles. The van der Waals surface area contributed by atoms with E-state index >= 15 is 0 Å². The minimum Gasteiger partial charge on any atom is -0.326 e. The SMILES string of the molecule is CCc1cc(-c2ccc(C(C)NC3CCN(C)C3)s2)c(C)[nH]c1=O. The fraction of sp³-hybridized carbons (Fsp3) is 0.526. The third-order valence-electron chi connectivity index (χ3n) is 4.89. The average Bonchev–Trinajstić information content (AvgIpc) is 3.17. The minimum absolute atomic E-state index is 0.0379. The third kappa shape index (κ3) is 3.63. The summed E-state index contributed by atoms with van der Waals surface area (Å²) in [7, 11) is 2.18. The van der Waals surface area contributed by atoms with Gasteiger partial charge in [0.25, 0.3) is 5.56 Å². The van der Waals surface area contributed by atoms with Crippen LogP contribution in [-0.4, -0.2) is 36.1 Å². The van der Waals surface area contributed by atoms with E-state index in [1.807, 2.05) is 31.3 Å². The lowest BCUT2D eigenvalue weighted by atomic mass is 10.1. The van der Waals surface area contributed by atoms with Gasteiger partial charge in [0.05, 0.1) is 0 Å². The number of nitrogens with one attached hydrogen (secondary N) is 2. The van der Waals surface area contributed by atoms with Crippen LogP contribution in [0.15, 0.2) is 23.0 Å². The highest BCUT2D eigenvalue weighted by atomic mass is 32.1. The molecular weight excluding hydrogens is 318 g/mol. The second-order valence-corrected chi connectivity index (χ2v) is 7.97. The summed E-state index contributed by atoms with van der Waals surface area (Å²) in [5, 5.41) is 3.75. The van der Waals surface area contributed by atoms with Crippen LogP contribution in [0.3, 0.4) is 0 Å². The molecule has 2 atom stereocenters. The van der Waals surface area contributed by atoms with Gasteiger partial charge in [-0.15, -0.1) is 11.3 Å². The zero-order valence-electron chi connectivity index (χ0n) is 15.0. The molecule has 1 aliphatic rings. The molecular formula is C19H27N3OS. The van der Waals surface area contributed by atoms with Crippen molar-refractivity contribution in [2.75, 3.05) is 20.1 Å². The van der Waals surface area contributed by atoms with Gasteiger partial charge in [0.1, 0.15) is 0 Å². The summed E-state index contributed by atoms with van der Waals surface area (Å²) in [6.07, 6.45) is 1.98. The van der Waals surface area contributed by atoms with Crippen molar-refractivity contribution in [3.05, 3.63) is 44.7 Å². The number of likely N-dealkylation sites (tertiary alicyclic amines) is 1. The van der Waals surface area contributed by atoms with E-state index in [1.165, 1.54) is 22.7 Å². The molecule has 130 valence electrons. The van der Waals surface area contributed by atoms with Crippen LogP contribution < -0.4 is 10.9 Å². The number of nitrogens with zero attached hydrogens (tertiary/aromatic N) is 1. The van der Waals surface area contributed by atoms with Gasteiger partial charge < -0.3 is 15.2 Å². The van der Waals surface area contributed by atoms with E-state index < -0.39 is 0 Å². The standard InChI is InChI=1S/C19H27N3OS/c1-5-14-10-16(12(2)21-19(14)23)18-7-6-17(24-18)13(3)20-15-8-9-22(4)11-15/h6-7,10,13,15,20H,5,8-9,11H2,1-4H3,(H,21,23). The van der Waals surface area contributed by atoms with Crippen LogP contribution in [0.5, 0.6) is 0 Å². The Morgan fingerprint density at radius 1 is 1.46 bits per heavy atom. The third-order valence-corrected chi connectivity index (χ3v) is 6.19. The molecule has 3 heterocycles. The Kier molecular flexibility index (Phi) is 5.23. The fourth-order valence-corrected chi connectivity index (χ4v) is 4.51. The number of aromatic nitrogens is 1. The van der Waals surface area contributed by atoms with E-state index in [4.69, 9.17) is 0 Å². The average molecular weight is 346 g/mol. The number of thiophene rings is 1. The smallest absolute Gasteiger partial charge is 0.251 e. The molecule has 2 aromatic rings. The van der Waals surface area contributed by atoms with E-state index in [1.54, 1.807) is 0 Å². The largest absolute Gasteiger partial charge is 0.326 e. The molecule has 2 N–H and O–H groups in total. The molecule has 0 spiro atoms. The van der Waals surface area contributed by atoms with Crippen LogP contribution in [0.25, 0.3) is 10.4 Å². The molecule has 2 aromatic heterocycles. The summed E-state index contributed by atoms with van der Waals surface area (Å²) in [4.78, 5) is 19.9. The first-order valence-electron chi connectivity index (χ1n) is 8.75. The first-order valence-corrected chi connectivity index (χ1v) is 9.57. The monoisotopic (exact) mass is 345 g/mol. The van der Waals surface area contributed by atoms with E-state index in [2.05, 4.69) is 41.3 Å². The topological polar surface area (TPSA) is 48.1 Å². The molecule has 5 heteroatoms. The van der Waals surface area contributed by atoms with Crippen LogP contribution >= 0.6 is 11.3 Å². The normalized spacial score (nSPS) is 19.8. The zero-order valence-corrected chi connectivity index (χ0v) is 15.8. The Hall–Kier alpha value is -1.43. The molecule has 0 aromatic carbocycles. The van der Waals surface area contributed by atoms with E-state index in [0.29, 0.717) is 12.1 Å². The van der Waals surface area contributed by atoms with Crippen LogP contribution in [0, 0.1) is 6.92 Å². The first kappa shape index (κ1) is 17.4. The lowest BCUT2D eigenvalue weighted by Gasteiger charge is -2.18. The predicted octanol–water partition coefficient (Wildman–Crippen LogP) is 3.33. The maximum Gasteiger partial charge on any atom is 0.251 e. The maximum absolute atomic E-state index is 11.9. The highest BCUT2D eigenvalue weighted by Gasteiger charge is 2.22. The fourth-order valence-electron chi connectivity index (χ4n) is 3.42. The Labute approximate surface area is 147 Å². The van der Waals surface area contributed by atoms with Gasteiger partial charge in [-0.05, 0) is 58.5 Å². The van der Waals surface area contributed by atoms with Crippen LogP contribution in [-0.2, 0) is 6.42 Å². The van der Waals surface area contributed by atoms with Crippen molar-refractivity contribution in [2.45, 2.75) is 45.7 Å². The van der Waals surface area contributed by atoms with Gasteiger partial charge in [0.2, 0.25) is 0 Å². The summed E-state index contributed by atoms with van der Waals surface area (Å²) < 4.78 is 0. The van der Waals surface area contributed by atoms with E-state index in [0.717, 1.165) is 29.8 Å². The van der Waals surface area contributed by atoms with Crippen molar-refractivity contribution >= 4 is 11.3 Å². The number of aryl methyl sites for hydroxylation is 2. The van der Waals surface area contributed by atoms with Crippen molar-refractivity contribution in [2.24, 2.45) is 0 Å². The van der Waals surface area contributed by atoms with Crippen molar-refractivity contribution in [3.8, 4) is 10.4 Å². The van der Waals surface area contributed by atoms with Gasteiger partial charge in [0.15, 0.2) is 0 Å². The second kappa shape index (κ2) is 7.21. The van der Waals surface area contributed by atoms with Gasteiger partial charge >= 0.3 is 0 Å². The summed E-state index contributed by atoms with van der Waals surface area (Å²) in [6, 6.07) is 7.38. The molecule has 1 fully saturated rings. The van der Waals surface area contributed by atoms with Gasteiger partial charge in [-0.3, -0.25) is 4.79 Å². The van der Waals surface area contributed by atoms with E-state index in [9.17, 15) is 4.79 Å². The van der Waals surface area contributed by atoms with Gasteiger partial charge in [-0.25, -0.2) is 0 Å². The van der Waals surface area contributed by atoms with Crippen molar-refractivity contribution in [3.63, 3.8) is 0 Å². The molecule has 1 aliphatic heterocycles. The molecule has 3 rings (SSSR count). The lowest BCUT2D eigenvalue weighted by molar-refractivity contribution is 0.388. The summed E-state index contributed by atoms with van der Waals surface area (Å²) in [6.45, 7) is 8.54. The zero-order chi connectivity index (χ0) is 17.3. The first-order chi connectivity index (χ1) is 11.5. The second-order valence-electron chi connectivity index (χ2n) is 6.85. The molecule has 24 heavy (non-hydrogen) atoms. The molecule has 0 radical (unpaired) electrons. The number of likely N-dealkylation sites (N-methyl/N-ethyl adjacent to an activating group) is 1. The summed E-state index contributed by atoms with van der Waals surface area (Å²) >= 11 is 1.82. The molecule has 4 nitrogen and oxygen atoms in total. The number of rotatable bonds is 5. The Morgan fingerprint density at radius 2 is 2.25 bits per heavy atom. The van der Waals surface area contributed by atoms with Crippen molar-refractivity contribution in [1.29, 1.82) is 0 Å². The van der Waals surface area contributed by atoms with E-state index in [-0.39, 0.29) is 5.56 Å². The molecule has 2 unspecified atom stereocenters.